The Balaban J connectivity index is 2.23. The lowest BCUT2D eigenvalue weighted by Gasteiger charge is -2.36. The highest BCUT2D eigenvalue weighted by molar-refractivity contribution is 5.91. The van der Waals surface area contributed by atoms with E-state index in [1.807, 2.05) is 30.3 Å². The summed E-state index contributed by atoms with van der Waals surface area (Å²) in [6.45, 7) is 2.43. The van der Waals surface area contributed by atoms with Crippen molar-refractivity contribution in [1.82, 2.24) is 0 Å². The Morgan fingerprint density at radius 3 is 2.52 bits per heavy atom. The van der Waals surface area contributed by atoms with Gasteiger partial charge >= 0.3 is 11.9 Å². The summed E-state index contributed by atoms with van der Waals surface area (Å²) in [5.74, 6) is -1.01. The monoisotopic (exact) mass is 321 g/mol. The van der Waals surface area contributed by atoms with Crippen LogP contribution in [0.15, 0.2) is 35.5 Å². The smallest absolute Gasteiger partial charge is 0.303 e. The van der Waals surface area contributed by atoms with Gasteiger partial charge in [0.05, 0.1) is 6.10 Å². The first kappa shape index (κ1) is 17.0. The zero-order valence-electron chi connectivity index (χ0n) is 13.0. The standard InChI is InChI=1S/C16H19NO6/c1-10(18)21-9-15-16(22-11(2)19)13(17-20)8-14(23-15)12-6-4-3-5-7-12/h3-7,14-16,20H,8-9H2,1-2H3/b17-13+. The molecule has 124 valence electrons. The molecule has 0 aliphatic carbocycles. The van der Waals surface area contributed by atoms with E-state index in [0.29, 0.717) is 0 Å². The summed E-state index contributed by atoms with van der Waals surface area (Å²) in [4.78, 5) is 22.3. The van der Waals surface area contributed by atoms with Gasteiger partial charge < -0.3 is 19.4 Å². The average Bonchev–Trinajstić information content (AvgIpc) is 2.53. The van der Waals surface area contributed by atoms with Crippen molar-refractivity contribution in [3.05, 3.63) is 35.9 Å². The normalized spacial score (nSPS) is 25.8. The van der Waals surface area contributed by atoms with Gasteiger partial charge in [-0.25, -0.2) is 0 Å². The van der Waals surface area contributed by atoms with Crippen LogP contribution in [0.1, 0.15) is 31.9 Å². The van der Waals surface area contributed by atoms with Gasteiger partial charge in [-0.1, -0.05) is 35.5 Å². The van der Waals surface area contributed by atoms with Crippen LogP contribution in [-0.2, 0) is 23.8 Å². The summed E-state index contributed by atoms with van der Waals surface area (Å²) in [7, 11) is 0. The topological polar surface area (TPSA) is 94.4 Å². The molecule has 1 aromatic rings. The third kappa shape index (κ3) is 4.53. The highest BCUT2D eigenvalue weighted by Crippen LogP contribution is 2.31. The maximum absolute atomic E-state index is 11.3. The Bertz CT molecular complexity index is 585. The summed E-state index contributed by atoms with van der Waals surface area (Å²) < 4.78 is 16.1. The second kappa shape index (κ2) is 7.73. The molecule has 23 heavy (non-hydrogen) atoms. The van der Waals surface area contributed by atoms with Crippen molar-refractivity contribution in [2.24, 2.45) is 5.16 Å². The number of carbonyl (C=O) groups excluding carboxylic acids is 2. The number of oxime groups is 1. The Morgan fingerprint density at radius 1 is 1.26 bits per heavy atom. The van der Waals surface area contributed by atoms with E-state index >= 15 is 0 Å². The van der Waals surface area contributed by atoms with Gasteiger partial charge in [-0.3, -0.25) is 9.59 Å². The highest BCUT2D eigenvalue weighted by atomic mass is 16.6. The quantitative estimate of drug-likeness (QED) is 0.516. The summed E-state index contributed by atoms with van der Waals surface area (Å²) in [6.07, 6.45) is -1.74. The molecule has 0 amide bonds. The lowest BCUT2D eigenvalue weighted by atomic mass is 9.94. The molecule has 2 rings (SSSR count). The SMILES string of the molecule is CC(=O)OCC1OC(c2ccccc2)C/C(=N\O)C1OC(C)=O. The van der Waals surface area contributed by atoms with Gasteiger partial charge in [-0.2, -0.15) is 0 Å². The molecule has 1 heterocycles. The number of rotatable bonds is 4. The van der Waals surface area contributed by atoms with Crippen LogP contribution < -0.4 is 0 Å². The van der Waals surface area contributed by atoms with Crippen LogP contribution in [0.3, 0.4) is 0 Å². The molecule has 1 N–H and O–H groups in total. The predicted octanol–water partition coefficient (Wildman–Crippen LogP) is 1.84. The number of ether oxygens (including phenoxy) is 3. The zero-order chi connectivity index (χ0) is 16.8. The largest absolute Gasteiger partial charge is 0.463 e. The molecule has 7 heteroatoms. The van der Waals surface area contributed by atoms with Crippen LogP contribution in [0.25, 0.3) is 0 Å². The van der Waals surface area contributed by atoms with Crippen LogP contribution in [0.4, 0.5) is 0 Å². The van der Waals surface area contributed by atoms with Gasteiger partial charge in [-0.05, 0) is 5.56 Å². The number of hydrogen-bond acceptors (Lipinski definition) is 7. The van der Waals surface area contributed by atoms with Crippen molar-refractivity contribution in [3.8, 4) is 0 Å². The fourth-order valence-electron chi connectivity index (χ4n) is 2.46. The second-order valence-corrected chi connectivity index (χ2v) is 5.20. The molecule has 1 aliphatic rings. The molecule has 3 unspecified atom stereocenters. The fourth-order valence-corrected chi connectivity index (χ4v) is 2.46. The van der Waals surface area contributed by atoms with Gasteiger partial charge in [0.25, 0.3) is 0 Å². The van der Waals surface area contributed by atoms with Crippen LogP contribution in [-0.4, -0.2) is 41.7 Å². The lowest BCUT2D eigenvalue weighted by molar-refractivity contribution is -0.165. The van der Waals surface area contributed by atoms with E-state index in [2.05, 4.69) is 5.16 Å². The van der Waals surface area contributed by atoms with E-state index in [0.717, 1.165) is 5.56 Å². The first-order chi connectivity index (χ1) is 11.0. The van der Waals surface area contributed by atoms with Gasteiger partial charge in [0.15, 0.2) is 6.10 Å². The Labute approximate surface area is 133 Å². The van der Waals surface area contributed by atoms with Gasteiger partial charge in [-0.15, -0.1) is 0 Å². The summed E-state index contributed by atoms with van der Waals surface area (Å²) in [5, 5.41) is 12.5. The molecule has 0 bridgehead atoms. The Hall–Kier alpha value is -2.41. The molecular formula is C16H19NO6. The maximum atomic E-state index is 11.3. The highest BCUT2D eigenvalue weighted by Gasteiger charge is 2.40. The number of benzene rings is 1. The van der Waals surface area contributed by atoms with E-state index in [-0.39, 0.29) is 24.8 Å². The number of nitrogens with zero attached hydrogens (tertiary/aromatic N) is 1. The molecule has 1 saturated heterocycles. The second-order valence-electron chi connectivity index (χ2n) is 5.20. The minimum Gasteiger partial charge on any atom is -0.463 e. The first-order valence-corrected chi connectivity index (χ1v) is 7.23. The van der Waals surface area contributed by atoms with Crippen molar-refractivity contribution in [2.45, 2.75) is 38.6 Å². The van der Waals surface area contributed by atoms with Crippen LogP contribution >= 0.6 is 0 Å². The van der Waals surface area contributed by atoms with Crippen molar-refractivity contribution in [2.75, 3.05) is 6.61 Å². The van der Waals surface area contributed by atoms with Crippen LogP contribution in [0.2, 0.25) is 0 Å². The minimum atomic E-state index is -0.892. The molecule has 1 aliphatic heterocycles. The van der Waals surface area contributed by atoms with Crippen molar-refractivity contribution < 1.29 is 29.0 Å². The predicted molar refractivity (Wildman–Crippen MR) is 80.1 cm³/mol. The average molecular weight is 321 g/mol. The van der Waals surface area contributed by atoms with E-state index < -0.39 is 24.1 Å². The molecule has 7 nitrogen and oxygen atoms in total. The number of hydrogen-bond donors (Lipinski definition) is 1. The van der Waals surface area contributed by atoms with Crippen LogP contribution in [0, 0.1) is 0 Å². The van der Waals surface area contributed by atoms with Crippen molar-refractivity contribution in [3.63, 3.8) is 0 Å². The summed E-state index contributed by atoms with van der Waals surface area (Å²) in [6, 6.07) is 9.39. The first-order valence-electron chi connectivity index (χ1n) is 7.23. The molecule has 1 fully saturated rings. The van der Waals surface area contributed by atoms with E-state index in [1.165, 1.54) is 13.8 Å². The minimum absolute atomic E-state index is 0.102. The molecular weight excluding hydrogens is 302 g/mol. The van der Waals surface area contributed by atoms with Crippen LogP contribution in [0.5, 0.6) is 0 Å². The molecule has 3 atom stereocenters. The van der Waals surface area contributed by atoms with E-state index in [9.17, 15) is 14.8 Å². The summed E-state index contributed by atoms with van der Waals surface area (Å²) in [5.41, 5.74) is 1.17. The third-order valence-corrected chi connectivity index (χ3v) is 3.44. The molecule has 0 radical (unpaired) electrons. The maximum Gasteiger partial charge on any atom is 0.303 e. The van der Waals surface area contributed by atoms with Gasteiger partial charge in [0.1, 0.15) is 18.4 Å². The summed E-state index contributed by atoms with van der Waals surface area (Å²) >= 11 is 0. The Morgan fingerprint density at radius 2 is 1.96 bits per heavy atom. The third-order valence-electron chi connectivity index (χ3n) is 3.44. The van der Waals surface area contributed by atoms with Crippen molar-refractivity contribution in [1.29, 1.82) is 0 Å². The lowest BCUT2D eigenvalue weighted by Crippen LogP contribution is -2.48. The van der Waals surface area contributed by atoms with Gasteiger partial charge in [0, 0.05) is 20.3 Å². The molecule has 0 spiro atoms. The fraction of sp³-hybridized carbons (Fsp3) is 0.438. The zero-order valence-corrected chi connectivity index (χ0v) is 13.0. The van der Waals surface area contributed by atoms with Crippen molar-refractivity contribution >= 4 is 17.7 Å². The number of carbonyl (C=O) groups is 2. The Kier molecular flexibility index (Phi) is 5.70. The molecule has 0 saturated carbocycles. The van der Waals surface area contributed by atoms with E-state index in [4.69, 9.17) is 14.2 Å². The number of esters is 2. The molecule has 1 aromatic carbocycles. The van der Waals surface area contributed by atoms with E-state index in [1.54, 1.807) is 0 Å². The molecule has 0 aromatic heterocycles. The van der Waals surface area contributed by atoms with Gasteiger partial charge in [0.2, 0.25) is 0 Å².